The van der Waals surface area contributed by atoms with E-state index < -0.39 is 0 Å². The van der Waals surface area contributed by atoms with Gasteiger partial charge in [-0.05, 0) is 60.7 Å². The van der Waals surface area contributed by atoms with Crippen LogP contribution >= 0.6 is 0 Å². The number of benzene rings is 6. The molecule has 0 N–H and O–H groups in total. The van der Waals surface area contributed by atoms with Crippen LogP contribution in [0, 0.1) is 0 Å². The number of imidazole rings is 1. The van der Waals surface area contributed by atoms with Crippen molar-refractivity contribution in [1.29, 1.82) is 0 Å². The van der Waals surface area contributed by atoms with Crippen LogP contribution in [0.1, 0.15) is 0 Å². The minimum Gasteiger partial charge on any atom is -0.334 e. The molecule has 6 heteroatoms. The molecule has 0 fully saturated rings. The highest BCUT2D eigenvalue weighted by atomic mass is 15.1. The summed E-state index contributed by atoms with van der Waals surface area (Å²) in [4.78, 5) is 9.62. The van der Waals surface area contributed by atoms with E-state index in [2.05, 4.69) is 163 Å². The minimum atomic E-state index is 0.887. The highest BCUT2D eigenvalue weighted by Crippen LogP contribution is 2.43. The lowest BCUT2D eigenvalue weighted by Crippen LogP contribution is -1.99. The molecule has 6 nitrogen and oxygen atoms in total. The lowest BCUT2D eigenvalue weighted by molar-refractivity contribution is 0.925. The van der Waals surface area contributed by atoms with E-state index >= 15 is 0 Å². The van der Waals surface area contributed by atoms with E-state index in [4.69, 9.17) is 4.98 Å². The van der Waals surface area contributed by atoms with E-state index in [-0.39, 0.29) is 0 Å². The van der Waals surface area contributed by atoms with Gasteiger partial charge in [-0.2, -0.15) is 0 Å². The van der Waals surface area contributed by atoms with Crippen molar-refractivity contribution in [2.75, 3.05) is 0 Å². The third kappa shape index (κ3) is 3.93. The van der Waals surface area contributed by atoms with Gasteiger partial charge >= 0.3 is 0 Å². The Balaban J connectivity index is 1.27. The standard InChI is InChI=1S/C45H30N6/c1-48-26-25-47-45(48)29-18-20-33-32-13-5-7-15-37(32)50(40(33)27-29)31-19-21-34-35-22-23-39-43(44(35)51(41(34)28-31)42-17-9-10-24-46-42)36-14-6-8-16-38(36)49(39)30-11-3-2-4-12-30/h2-28H,1H3. The Hall–Kier alpha value is -6.92. The second kappa shape index (κ2) is 10.5. The molecule has 5 heterocycles. The highest BCUT2D eigenvalue weighted by Gasteiger charge is 2.22. The summed E-state index contributed by atoms with van der Waals surface area (Å²) in [7, 11) is 2.04. The number of pyridine rings is 1. The Kier molecular flexibility index (Phi) is 5.78. The van der Waals surface area contributed by atoms with Gasteiger partial charge in [-0.3, -0.25) is 4.57 Å². The quantitative estimate of drug-likeness (QED) is 0.190. The molecular weight excluding hydrogens is 625 g/mol. The molecule has 0 saturated heterocycles. The molecule has 0 radical (unpaired) electrons. The molecule has 0 aliphatic heterocycles. The van der Waals surface area contributed by atoms with Crippen LogP contribution in [-0.2, 0) is 7.05 Å². The fraction of sp³-hybridized carbons (Fsp3) is 0.0222. The summed E-state index contributed by atoms with van der Waals surface area (Å²) >= 11 is 0. The largest absolute Gasteiger partial charge is 0.334 e. The molecule has 11 aromatic rings. The first-order chi connectivity index (χ1) is 25.2. The van der Waals surface area contributed by atoms with Crippen LogP contribution in [0.5, 0.6) is 0 Å². The average molecular weight is 655 g/mol. The van der Waals surface area contributed by atoms with Crippen LogP contribution in [0.25, 0.3) is 94.0 Å². The summed E-state index contributed by atoms with van der Waals surface area (Å²) in [5, 5.41) is 7.25. The van der Waals surface area contributed by atoms with Gasteiger partial charge in [0, 0.05) is 74.9 Å². The first kappa shape index (κ1) is 28.0. The van der Waals surface area contributed by atoms with Gasteiger partial charge in [-0.25, -0.2) is 9.97 Å². The smallest absolute Gasteiger partial charge is 0.139 e. The van der Waals surface area contributed by atoms with Crippen molar-refractivity contribution in [2.24, 2.45) is 7.05 Å². The Morgan fingerprint density at radius 3 is 1.90 bits per heavy atom. The van der Waals surface area contributed by atoms with Crippen LogP contribution in [0.15, 0.2) is 164 Å². The normalized spacial score (nSPS) is 12.0. The topological polar surface area (TPSA) is 45.5 Å². The molecule has 0 bridgehead atoms. The van der Waals surface area contributed by atoms with Crippen LogP contribution in [-0.4, -0.2) is 28.2 Å². The summed E-state index contributed by atoms with van der Waals surface area (Å²) < 4.78 is 9.22. The van der Waals surface area contributed by atoms with Crippen LogP contribution in [0.4, 0.5) is 0 Å². The number of hydrogen-bond donors (Lipinski definition) is 0. The third-order valence-electron chi connectivity index (χ3n) is 10.5. The molecule has 0 saturated carbocycles. The molecule has 0 spiro atoms. The van der Waals surface area contributed by atoms with Crippen molar-refractivity contribution >= 4 is 65.4 Å². The SMILES string of the molecule is Cn1ccnc1-c1ccc2c3ccccc3n(-c3ccc4c5ccc6c(c7ccccc7n6-c6ccccc6)c5n(-c5ccccn5)c4c3)c2c1. The molecule has 0 unspecified atom stereocenters. The van der Waals surface area contributed by atoms with Gasteiger partial charge < -0.3 is 13.7 Å². The van der Waals surface area contributed by atoms with Crippen LogP contribution in [0.3, 0.4) is 0 Å². The molecular formula is C45H30N6. The van der Waals surface area contributed by atoms with Crippen molar-refractivity contribution in [2.45, 2.75) is 0 Å². The highest BCUT2D eigenvalue weighted by molar-refractivity contribution is 6.26. The lowest BCUT2D eigenvalue weighted by Gasteiger charge is -2.11. The van der Waals surface area contributed by atoms with Gasteiger partial charge in [0.15, 0.2) is 0 Å². The Morgan fingerprint density at radius 1 is 0.431 bits per heavy atom. The monoisotopic (exact) mass is 654 g/mol. The summed E-state index contributed by atoms with van der Waals surface area (Å²) in [6.07, 6.45) is 5.73. The fourth-order valence-electron chi connectivity index (χ4n) is 8.29. The van der Waals surface area contributed by atoms with Crippen LogP contribution < -0.4 is 0 Å². The number of rotatable bonds is 4. The van der Waals surface area contributed by atoms with Crippen molar-refractivity contribution in [3.8, 4) is 28.6 Å². The number of fused-ring (bicyclic) bond motifs is 10. The predicted octanol–water partition coefficient (Wildman–Crippen LogP) is 10.8. The van der Waals surface area contributed by atoms with Gasteiger partial charge in [-0.1, -0.05) is 84.9 Å². The average Bonchev–Trinajstić information content (AvgIpc) is 3.94. The molecule has 0 amide bonds. The second-order valence-electron chi connectivity index (χ2n) is 13.2. The van der Waals surface area contributed by atoms with E-state index in [1.54, 1.807) is 0 Å². The zero-order valence-corrected chi connectivity index (χ0v) is 27.8. The van der Waals surface area contributed by atoms with Gasteiger partial charge in [0.2, 0.25) is 0 Å². The lowest BCUT2D eigenvalue weighted by atomic mass is 10.1. The molecule has 5 aromatic heterocycles. The number of aromatic nitrogens is 6. The van der Waals surface area contributed by atoms with Gasteiger partial charge in [-0.15, -0.1) is 0 Å². The summed E-state index contributed by atoms with van der Waals surface area (Å²) in [6, 6.07) is 52.4. The second-order valence-corrected chi connectivity index (χ2v) is 13.2. The number of nitrogens with zero attached hydrogens (tertiary/aromatic N) is 6. The van der Waals surface area contributed by atoms with Gasteiger partial charge in [0.1, 0.15) is 11.6 Å². The molecule has 240 valence electrons. The molecule has 6 aromatic carbocycles. The van der Waals surface area contributed by atoms with E-state index in [1.807, 2.05) is 31.7 Å². The number of para-hydroxylation sites is 3. The van der Waals surface area contributed by atoms with Crippen LogP contribution in [0.2, 0.25) is 0 Å². The van der Waals surface area contributed by atoms with E-state index in [9.17, 15) is 0 Å². The van der Waals surface area contributed by atoms with Crippen molar-refractivity contribution in [3.05, 3.63) is 164 Å². The van der Waals surface area contributed by atoms with E-state index in [1.165, 1.54) is 43.4 Å². The van der Waals surface area contributed by atoms with Crippen molar-refractivity contribution < 1.29 is 0 Å². The zero-order chi connectivity index (χ0) is 33.6. The van der Waals surface area contributed by atoms with E-state index in [0.29, 0.717) is 0 Å². The first-order valence-corrected chi connectivity index (χ1v) is 17.2. The molecule has 0 aliphatic rings. The minimum absolute atomic E-state index is 0.887. The summed E-state index contributed by atoms with van der Waals surface area (Å²) in [5.74, 6) is 1.83. The predicted molar refractivity (Wildman–Crippen MR) is 209 cm³/mol. The van der Waals surface area contributed by atoms with Crippen molar-refractivity contribution in [3.63, 3.8) is 0 Å². The summed E-state index contributed by atoms with van der Waals surface area (Å²) in [5.41, 5.74) is 10.2. The molecule has 11 rings (SSSR count). The van der Waals surface area contributed by atoms with E-state index in [0.717, 1.165) is 50.6 Å². The van der Waals surface area contributed by atoms with Gasteiger partial charge in [0.25, 0.3) is 0 Å². The maximum absolute atomic E-state index is 4.95. The molecule has 0 atom stereocenters. The fourth-order valence-corrected chi connectivity index (χ4v) is 8.29. The van der Waals surface area contributed by atoms with Gasteiger partial charge in [0.05, 0.1) is 33.1 Å². The molecule has 0 aliphatic carbocycles. The Morgan fingerprint density at radius 2 is 1.10 bits per heavy atom. The Labute approximate surface area is 292 Å². The summed E-state index contributed by atoms with van der Waals surface area (Å²) in [6.45, 7) is 0. The number of aryl methyl sites for hydroxylation is 1. The third-order valence-corrected chi connectivity index (χ3v) is 10.5. The number of hydrogen-bond acceptors (Lipinski definition) is 2. The zero-order valence-electron chi connectivity index (χ0n) is 27.8. The first-order valence-electron chi connectivity index (χ1n) is 17.2. The Bertz CT molecular complexity index is 3140. The molecule has 51 heavy (non-hydrogen) atoms. The van der Waals surface area contributed by atoms with Crippen molar-refractivity contribution in [1.82, 2.24) is 28.2 Å². The maximum atomic E-state index is 4.95. The maximum Gasteiger partial charge on any atom is 0.139 e.